The number of hydrogen-bond donors (Lipinski definition) is 7. The van der Waals surface area contributed by atoms with Gasteiger partial charge in [-0.1, -0.05) is 0 Å². The summed E-state index contributed by atoms with van der Waals surface area (Å²) in [6.07, 6.45) is 3.75. The van der Waals surface area contributed by atoms with Crippen molar-refractivity contribution in [2.45, 2.75) is 44.6 Å². The zero-order valence-corrected chi connectivity index (χ0v) is 16.5. The number of benzene rings is 2. The summed E-state index contributed by atoms with van der Waals surface area (Å²) in [5, 5.41) is 0. The molecule has 9 nitrogen and oxygen atoms in total. The number of carbonyl (C=O) groups excluding carboxylic acids is 1. The van der Waals surface area contributed by atoms with Gasteiger partial charge >= 0.3 is 5.97 Å². The second-order valence-corrected chi connectivity index (χ2v) is 7.67. The number of rotatable bonds is 3. The first-order valence-corrected chi connectivity index (χ1v) is 9.50. The molecule has 1 aliphatic rings. The predicted octanol–water partition coefficient (Wildman–Crippen LogP) is 1.69. The van der Waals surface area contributed by atoms with Gasteiger partial charge in [-0.25, -0.2) is 4.79 Å². The molecule has 1 saturated carbocycles. The minimum atomic E-state index is -0.695. The van der Waals surface area contributed by atoms with Crippen molar-refractivity contribution in [1.29, 1.82) is 0 Å². The van der Waals surface area contributed by atoms with Gasteiger partial charge in [-0.15, -0.1) is 0 Å². The van der Waals surface area contributed by atoms with Gasteiger partial charge in [-0.3, -0.25) is 0 Å². The fraction of sp³-hybridized carbons (Fsp3) is 0.350. The third kappa shape index (κ3) is 3.68. The Hall–Kier alpha value is -3.33. The van der Waals surface area contributed by atoms with E-state index in [1.807, 2.05) is 0 Å². The lowest BCUT2D eigenvalue weighted by molar-refractivity contribution is 0.0736. The lowest BCUT2D eigenvalue weighted by Gasteiger charge is -2.28. The van der Waals surface area contributed by atoms with Crippen molar-refractivity contribution < 1.29 is 9.53 Å². The van der Waals surface area contributed by atoms with E-state index in [-0.39, 0.29) is 46.0 Å². The number of nitrogens with two attached hydrogens (primary N) is 7. The fourth-order valence-corrected chi connectivity index (χ4v) is 3.89. The van der Waals surface area contributed by atoms with Crippen LogP contribution in [0.15, 0.2) is 12.1 Å². The Kier molecular flexibility index (Phi) is 5.34. The molecule has 1 fully saturated rings. The Morgan fingerprint density at radius 3 is 2.10 bits per heavy atom. The van der Waals surface area contributed by atoms with Crippen molar-refractivity contribution in [2.24, 2.45) is 5.73 Å². The lowest BCUT2D eigenvalue weighted by Crippen LogP contribution is -2.26. The fourth-order valence-electron chi connectivity index (χ4n) is 3.89. The van der Waals surface area contributed by atoms with Gasteiger partial charge in [-0.2, -0.15) is 0 Å². The molecule has 0 saturated heterocycles. The van der Waals surface area contributed by atoms with Gasteiger partial charge in [0.2, 0.25) is 0 Å². The van der Waals surface area contributed by atoms with E-state index >= 15 is 0 Å². The van der Waals surface area contributed by atoms with Crippen LogP contribution >= 0.6 is 0 Å². The summed E-state index contributed by atoms with van der Waals surface area (Å²) < 4.78 is 5.43. The highest BCUT2D eigenvalue weighted by atomic mass is 16.5. The zero-order chi connectivity index (χ0) is 21.5. The summed E-state index contributed by atoms with van der Waals surface area (Å²) in [5.41, 5.74) is 44.8. The highest BCUT2D eigenvalue weighted by Crippen LogP contribution is 2.41. The van der Waals surface area contributed by atoms with Crippen molar-refractivity contribution >= 4 is 40.1 Å². The summed E-state index contributed by atoms with van der Waals surface area (Å²) in [7, 11) is 0. The summed E-state index contributed by atoms with van der Waals surface area (Å²) in [6.45, 7) is 1.75. The number of esters is 1. The van der Waals surface area contributed by atoms with E-state index in [0.29, 0.717) is 16.9 Å². The molecule has 156 valence electrons. The lowest BCUT2D eigenvalue weighted by atomic mass is 9.80. The van der Waals surface area contributed by atoms with E-state index in [9.17, 15) is 4.79 Å². The van der Waals surface area contributed by atoms with Crippen molar-refractivity contribution in [3.05, 3.63) is 28.8 Å². The van der Waals surface area contributed by atoms with Gasteiger partial charge in [0.1, 0.15) is 5.69 Å². The average Bonchev–Trinajstić information content (AvgIpc) is 2.68. The van der Waals surface area contributed by atoms with Gasteiger partial charge in [0.25, 0.3) is 0 Å². The second-order valence-electron chi connectivity index (χ2n) is 7.67. The first kappa shape index (κ1) is 20.4. The smallest absolute Gasteiger partial charge is 0.346 e. The third-order valence-corrected chi connectivity index (χ3v) is 5.75. The number of anilines is 6. The molecule has 0 radical (unpaired) electrons. The largest absolute Gasteiger partial charge is 0.420 e. The maximum absolute atomic E-state index is 12.9. The van der Waals surface area contributed by atoms with E-state index in [1.54, 1.807) is 13.0 Å². The molecule has 0 aromatic heterocycles. The standard InChI is InChI=1S/C20H29N7O2/c1-8-15(20(28)29-14-7-13(23)17(25)19(27)18(14)26)12(22)6-11(16(8)24)9-2-4-10(21)5-3-9/h6-7,9-10H,2-5,21-27H2,1H3. The van der Waals surface area contributed by atoms with Gasteiger partial charge in [0, 0.05) is 23.5 Å². The molecule has 0 heterocycles. The molecule has 2 aromatic carbocycles. The SMILES string of the molecule is Cc1c(N)c(C2CCC(N)CC2)cc(N)c1C(=O)Oc1cc(N)c(N)c(N)c1N. The average molecular weight is 399 g/mol. The second kappa shape index (κ2) is 7.59. The van der Waals surface area contributed by atoms with Crippen molar-refractivity contribution in [3.8, 4) is 5.75 Å². The normalized spacial score (nSPS) is 19.1. The molecule has 0 aliphatic heterocycles. The Labute approximate surface area is 169 Å². The zero-order valence-electron chi connectivity index (χ0n) is 16.5. The molecule has 29 heavy (non-hydrogen) atoms. The van der Waals surface area contributed by atoms with Crippen LogP contribution in [0.25, 0.3) is 0 Å². The molecular formula is C20H29N7O2. The molecule has 0 unspecified atom stereocenters. The molecular weight excluding hydrogens is 370 g/mol. The molecule has 0 bridgehead atoms. The Morgan fingerprint density at radius 2 is 1.48 bits per heavy atom. The van der Waals surface area contributed by atoms with Crippen LogP contribution in [0.2, 0.25) is 0 Å². The third-order valence-electron chi connectivity index (χ3n) is 5.75. The first-order chi connectivity index (χ1) is 13.6. The van der Waals surface area contributed by atoms with E-state index in [2.05, 4.69) is 0 Å². The van der Waals surface area contributed by atoms with Crippen molar-refractivity contribution in [2.75, 3.05) is 34.4 Å². The van der Waals surface area contributed by atoms with E-state index in [4.69, 9.17) is 44.9 Å². The first-order valence-electron chi connectivity index (χ1n) is 9.50. The number of nitrogen functional groups attached to an aromatic ring is 6. The molecule has 0 spiro atoms. The Morgan fingerprint density at radius 1 is 0.862 bits per heavy atom. The minimum absolute atomic E-state index is 0.0157. The van der Waals surface area contributed by atoms with E-state index in [0.717, 1.165) is 31.2 Å². The highest BCUT2D eigenvalue weighted by Gasteiger charge is 2.26. The predicted molar refractivity (Wildman–Crippen MR) is 118 cm³/mol. The molecule has 14 N–H and O–H groups in total. The molecule has 2 aromatic rings. The number of ether oxygens (including phenoxy) is 1. The van der Waals surface area contributed by atoms with Crippen LogP contribution < -0.4 is 44.9 Å². The summed E-state index contributed by atoms with van der Waals surface area (Å²) in [6, 6.07) is 3.34. The molecule has 1 aliphatic carbocycles. The van der Waals surface area contributed by atoms with E-state index < -0.39 is 5.97 Å². The Bertz CT molecular complexity index is 966. The van der Waals surface area contributed by atoms with Gasteiger partial charge in [0.15, 0.2) is 5.75 Å². The number of hydrogen-bond acceptors (Lipinski definition) is 9. The van der Waals surface area contributed by atoms with Crippen molar-refractivity contribution in [1.82, 2.24) is 0 Å². The van der Waals surface area contributed by atoms with Crippen LogP contribution in [0.3, 0.4) is 0 Å². The van der Waals surface area contributed by atoms with Gasteiger partial charge < -0.3 is 44.9 Å². The summed E-state index contributed by atoms with van der Waals surface area (Å²) in [5.74, 6) is -0.408. The molecule has 0 atom stereocenters. The molecule has 0 amide bonds. The van der Waals surface area contributed by atoms with Crippen LogP contribution in [-0.4, -0.2) is 12.0 Å². The maximum Gasteiger partial charge on any atom is 0.346 e. The van der Waals surface area contributed by atoms with Crippen LogP contribution in [0, 0.1) is 6.92 Å². The maximum atomic E-state index is 12.9. The highest BCUT2D eigenvalue weighted by molar-refractivity contribution is 6.01. The van der Waals surface area contributed by atoms with Crippen LogP contribution in [0.1, 0.15) is 53.1 Å². The van der Waals surface area contributed by atoms with Crippen LogP contribution in [-0.2, 0) is 0 Å². The van der Waals surface area contributed by atoms with Crippen molar-refractivity contribution in [3.63, 3.8) is 0 Å². The van der Waals surface area contributed by atoms with Gasteiger partial charge in [-0.05, 0) is 55.7 Å². The monoisotopic (exact) mass is 399 g/mol. The molecule has 3 rings (SSSR count). The topological polar surface area (TPSA) is 208 Å². The summed E-state index contributed by atoms with van der Waals surface area (Å²) >= 11 is 0. The van der Waals surface area contributed by atoms with E-state index in [1.165, 1.54) is 6.07 Å². The quantitative estimate of drug-likeness (QED) is 0.227. The van der Waals surface area contributed by atoms with Gasteiger partial charge in [0.05, 0.1) is 22.6 Å². The number of carbonyl (C=O) groups is 1. The minimum Gasteiger partial charge on any atom is -0.420 e. The summed E-state index contributed by atoms with van der Waals surface area (Å²) in [4.78, 5) is 12.9. The molecule has 9 heteroatoms. The van der Waals surface area contributed by atoms with Crippen LogP contribution in [0.5, 0.6) is 5.75 Å². The Balaban J connectivity index is 1.93. The van der Waals surface area contributed by atoms with Crippen LogP contribution in [0.4, 0.5) is 34.1 Å².